The molecule has 0 aliphatic carbocycles. The number of aliphatic hydroxyl groups excluding tert-OH is 2. The fourth-order valence-corrected chi connectivity index (χ4v) is 1.69. The molecule has 94 valence electrons. The zero-order chi connectivity index (χ0) is 13.0. The highest BCUT2D eigenvalue weighted by atomic mass is 35.5. The first kappa shape index (κ1) is 12.8. The van der Waals surface area contributed by atoms with Gasteiger partial charge in [-0.25, -0.2) is 4.98 Å². The van der Waals surface area contributed by atoms with Gasteiger partial charge in [0.2, 0.25) is 5.88 Å². The van der Waals surface area contributed by atoms with Crippen molar-refractivity contribution < 1.29 is 14.9 Å². The average molecular weight is 266 g/mol. The molecule has 0 unspecified atom stereocenters. The molecule has 5 heteroatoms. The molecule has 0 bridgehead atoms. The van der Waals surface area contributed by atoms with E-state index in [-0.39, 0.29) is 19.1 Å². The van der Waals surface area contributed by atoms with Gasteiger partial charge in [-0.15, -0.1) is 0 Å². The minimum absolute atomic E-state index is 0.123. The van der Waals surface area contributed by atoms with Gasteiger partial charge in [0.05, 0.1) is 13.2 Å². The molecule has 0 atom stereocenters. The molecule has 1 aromatic carbocycles. The molecule has 2 rings (SSSR count). The van der Waals surface area contributed by atoms with Crippen molar-refractivity contribution in [1.29, 1.82) is 0 Å². The molecule has 0 saturated heterocycles. The molecule has 1 aromatic heterocycles. The number of aliphatic hydroxyl groups is 2. The monoisotopic (exact) mass is 265 g/mol. The minimum atomic E-state index is -0.125. The molecule has 0 radical (unpaired) electrons. The Kier molecular flexibility index (Phi) is 4.15. The standard InChI is InChI=1S/C13H12ClNO3/c14-11-5-9(7-16)6-15-13(11)18-12-4-2-1-3-10(12)8-17/h1-6,16-17H,7-8H2. The predicted molar refractivity (Wildman–Crippen MR) is 67.6 cm³/mol. The number of ether oxygens (including phenoxy) is 1. The molecule has 0 amide bonds. The first-order valence-corrected chi connectivity index (χ1v) is 5.74. The summed E-state index contributed by atoms with van der Waals surface area (Å²) >= 11 is 5.99. The van der Waals surface area contributed by atoms with Gasteiger partial charge in [0, 0.05) is 11.8 Å². The number of halogens is 1. The van der Waals surface area contributed by atoms with E-state index in [9.17, 15) is 5.11 Å². The molecular formula is C13H12ClNO3. The highest BCUT2D eigenvalue weighted by molar-refractivity contribution is 6.31. The van der Waals surface area contributed by atoms with E-state index in [1.54, 1.807) is 24.3 Å². The second-order valence-electron chi connectivity index (χ2n) is 3.66. The third kappa shape index (κ3) is 2.79. The first-order valence-electron chi connectivity index (χ1n) is 5.36. The van der Waals surface area contributed by atoms with Crippen LogP contribution in [0.1, 0.15) is 11.1 Å². The van der Waals surface area contributed by atoms with Crippen LogP contribution in [0.25, 0.3) is 0 Å². The lowest BCUT2D eigenvalue weighted by atomic mass is 10.2. The highest BCUT2D eigenvalue weighted by Crippen LogP contribution is 2.29. The zero-order valence-corrected chi connectivity index (χ0v) is 10.3. The Labute approximate surface area is 109 Å². The van der Waals surface area contributed by atoms with Crippen LogP contribution in [0.5, 0.6) is 11.6 Å². The maximum absolute atomic E-state index is 9.18. The van der Waals surface area contributed by atoms with Crippen molar-refractivity contribution >= 4 is 11.6 Å². The summed E-state index contributed by atoms with van der Waals surface area (Å²) in [5, 5.41) is 18.4. The molecule has 1 heterocycles. The van der Waals surface area contributed by atoms with Gasteiger partial charge in [-0.1, -0.05) is 29.8 Å². The smallest absolute Gasteiger partial charge is 0.238 e. The molecule has 0 aliphatic heterocycles. The average Bonchev–Trinajstić information content (AvgIpc) is 2.41. The number of para-hydroxylation sites is 1. The van der Waals surface area contributed by atoms with Crippen molar-refractivity contribution in [2.75, 3.05) is 0 Å². The Morgan fingerprint density at radius 2 is 1.94 bits per heavy atom. The molecule has 0 fully saturated rings. The summed E-state index contributed by atoms with van der Waals surface area (Å²) in [6.07, 6.45) is 1.49. The Bertz CT molecular complexity index is 546. The molecule has 2 N–H and O–H groups in total. The number of nitrogens with zero attached hydrogens (tertiary/aromatic N) is 1. The predicted octanol–water partition coefficient (Wildman–Crippen LogP) is 2.51. The van der Waals surface area contributed by atoms with Gasteiger partial charge in [-0.3, -0.25) is 0 Å². The van der Waals surface area contributed by atoms with E-state index in [1.165, 1.54) is 6.20 Å². The molecule has 4 nitrogen and oxygen atoms in total. The lowest BCUT2D eigenvalue weighted by molar-refractivity contribution is 0.276. The quantitative estimate of drug-likeness (QED) is 0.892. The fourth-order valence-electron chi connectivity index (χ4n) is 1.46. The minimum Gasteiger partial charge on any atom is -0.437 e. The molecular weight excluding hydrogens is 254 g/mol. The SMILES string of the molecule is OCc1cnc(Oc2ccccc2CO)c(Cl)c1. The van der Waals surface area contributed by atoms with Crippen molar-refractivity contribution in [1.82, 2.24) is 4.98 Å². The van der Waals surface area contributed by atoms with Crippen LogP contribution < -0.4 is 4.74 Å². The van der Waals surface area contributed by atoms with E-state index >= 15 is 0 Å². The summed E-state index contributed by atoms with van der Waals surface area (Å²) in [4.78, 5) is 4.02. The maximum Gasteiger partial charge on any atom is 0.238 e. The van der Waals surface area contributed by atoms with Crippen LogP contribution in [0.15, 0.2) is 36.5 Å². The Balaban J connectivity index is 2.28. The number of aromatic nitrogens is 1. The van der Waals surface area contributed by atoms with Crippen molar-refractivity contribution in [3.05, 3.63) is 52.7 Å². The number of benzene rings is 1. The molecule has 2 aromatic rings. The number of rotatable bonds is 4. The first-order chi connectivity index (χ1) is 8.74. The van der Waals surface area contributed by atoms with Crippen molar-refractivity contribution in [3.8, 4) is 11.6 Å². The van der Waals surface area contributed by atoms with Crippen LogP contribution in [0.4, 0.5) is 0 Å². The summed E-state index contributed by atoms with van der Waals surface area (Å²) in [5.41, 5.74) is 1.27. The van der Waals surface area contributed by atoms with E-state index in [4.69, 9.17) is 21.4 Å². The van der Waals surface area contributed by atoms with Gasteiger partial charge in [0.25, 0.3) is 0 Å². The summed E-state index contributed by atoms with van der Waals surface area (Å²) in [5.74, 6) is 0.751. The van der Waals surface area contributed by atoms with Gasteiger partial charge in [-0.05, 0) is 17.7 Å². The van der Waals surface area contributed by atoms with Gasteiger partial charge in [0.1, 0.15) is 10.8 Å². The van der Waals surface area contributed by atoms with Gasteiger partial charge >= 0.3 is 0 Å². The zero-order valence-electron chi connectivity index (χ0n) is 9.51. The Morgan fingerprint density at radius 3 is 2.61 bits per heavy atom. The second kappa shape index (κ2) is 5.82. The van der Waals surface area contributed by atoms with E-state index in [0.29, 0.717) is 21.9 Å². The Hall–Kier alpha value is -1.62. The van der Waals surface area contributed by atoms with Gasteiger partial charge in [0.15, 0.2) is 0 Å². The van der Waals surface area contributed by atoms with Crippen molar-refractivity contribution in [2.45, 2.75) is 13.2 Å². The van der Waals surface area contributed by atoms with Crippen LogP contribution in [0.3, 0.4) is 0 Å². The van der Waals surface area contributed by atoms with E-state index < -0.39 is 0 Å². The van der Waals surface area contributed by atoms with Crippen LogP contribution in [-0.2, 0) is 13.2 Å². The van der Waals surface area contributed by atoms with E-state index in [2.05, 4.69) is 4.98 Å². The summed E-state index contributed by atoms with van der Waals surface area (Å²) in [6.45, 7) is -0.247. The van der Waals surface area contributed by atoms with Crippen LogP contribution in [0, 0.1) is 0 Å². The topological polar surface area (TPSA) is 62.6 Å². The molecule has 0 spiro atoms. The normalized spacial score (nSPS) is 10.4. The maximum atomic E-state index is 9.18. The number of pyridine rings is 1. The third-order valence-electron chi connectivity index (χ3n) is 2.40. The van der Waals surface area contributed by atoms with Crippen molar-refractivity contribution in [2.24, 2.45) is 0 Å². The summed E-state index contributed by atoms with van der Waals surface area (Å²) in [6, 6.07) is 8.67. The number of hydrogen-bond acceptors (Lipinski definition) is 4. The van der Waals surface area contributed by atoms with Crippen LogP contribution in [-0.4, -0.2) is 15.2 Å². The highest BCUT2D eigenvalue weighted by Gasteiger charge is 2.08. The lowest BCUT2D eigenvalue weighted by Crippen LogP contribution is -1.95. The Morgan fingerprint density at radius 1 is 1.17 bits per heavy atom. The van der Waals surface area contributed by atoms with Crippen LogP contribution in [0.2, 0.25) is 5.02 Å². The fraction of sp³-hybridized carbons (Fsp3) is 0.154. The number of hydrogen-bond donors (Lipinski definition) is 2. The largest absolute Gasteiger partial charge is 0.437 e. The van der Waals surface area contributed by atoms with E-state index in [1.807, 2.05) is 6.07 Å². The van der Waals surface area contributed by atoms with E-state index in [0.717, 1.165) is 0 Å². The second-order valence-corrected chi connectivity index (χ2v) is 4.06. The van der Waals surface area contributed by atoms with Gasteiger partial charge in [-0.2, -0.15) is 0 Å². The summed E-state index contributed by atoms with van der Waals surface area (Å²) < 4.78 is 5.55. The third-order valence-corrected chi connectivity index (χ3v) is 2.67. The molecule has 0 saturated carbocycles. The van der Waals surface area contributed by atoms with Crippen LogP contribution >= 0.6 is 11.6 Å². The molecule has 0 aliphatic rings. The van der Waals surface area contributed by atoms with Crippen molar-refractivity contribution in [3.63, 3.8) is 0 Å². The summed E-state index contributed by atoms with van der Waals surface area (Å²) in [7, 11) is 0. The lowest BCUT2D eigenvalue weighted by Gasteiger charge is -2.10. The van der Waals surface area contributed by atoms with Gasteiger partial charge < -0.3 is 14.9 Å². The molecule has 18 heavy (non-hydrogen) atoms.